The molecule has 0 radical (unpaired) electrons. The Morgan fingerprint density at radius 2 is 1.26 bits per heavy atom. The molecule has 8 heterocycles. The quantitative estimate of drug-likeness (QED) is 0.133. The SMILES string of the molecule is CC(C)(C)OC(=O)N1CCCC1c1cc(CCc2ccc(Cl)s2)[nH]n1.CC(C)(C)OC(=O)N1CCCC1c1cc(CCc2ccc(Cl)s2)n(C(=O)c2ccoc2)n1.O=C(O)c1ccoc1. The molecule has 65 heavy (non-hydrogen) atoms. The molecular weight excluding hydrogens is 916 g/mol. The molecule has 2 unspecified atom stereocenters. The molecule has 2 saturated heterocycles. The van der Waals surface area contributed by atoms with Crippen molar-refractivity contribution in [3.8, 4) is 0 Å². The van der Waals surface area contributed by atoms with Crippen molar-refractivity contribution in [1.82, 2.24) is 29.8 Å². The Hall–Kier alpha value is -5.36. The molecule has 0 saturated carbocycles. The summed E-state index contributed by atoms with van der Waals surface area (Å²) in [7, 11) is 0. The van der Waals surface area contributed by atoms with E-state index < -0.39 is 17.2 Å². The number of H-pyrrole nitrogens is 1. The number of aromatic amines is 1. The molecule has 0 spiro atoms. The first kappa shape index (κ1) is 49.1. The zero-order valence-corrected chi connectivity index (χ0v) is 40.3. The van der Waals surface area contributed by atoms with Crippen molar-refractivity contribution in [1.29, 1.82) is 0 Å². The molecule has 2 N–H and O–H groups in total. The maximum atomic E-state index is 13.1. The van der Waals surface area contributed by atoms with Crippen LogP contribution in [0.15, 0.2) is 82.4 Å². The second-order valence-corrected chi connectivity index (χ2v) is 21.1. The third-order valence-corrected chi connectivity index (χ3v) is 12.7. The lowest BCUT2D eigenvalue weighted by Gasteiger charge is -2.27. The molecule has 2 amide bonds. The molecule has 0 aromatic carbocycles. The van der Waals surface area contributed by atoms with Crippen LogP contribution in [0.2, 0.25) is 8.67 Å². The van der Waals surface area contributed by atoms with Crippen molar-refractivity contribution in [2.45, 2.75) is 116 Å². The Balaban J connectivity index is 0.000000188. The third kappa shape index (κ3) is 14.1. The Morgan fingerprint density at radius 1 is 0.738 bits per heavy atom. The number of likely N-dealkylation sites (tertiary alicyclic amines) is 2. The molecule has 6 aromatic heterocycles. The van der Waals surface area contributed by atoms with Gasteiger partial charge in [0.25, 0.3) is 5.91 Å². The van der Waals surface area contributed by atoms with Crippen molar-refractivity contribution >= 4 is 69.9 Å². The number of carboxylic acids is 1. The van der Waals surface area contributed by atoms with Crippen LogP contribution in [-0.4, -0.2) is 83.2 Å². The zero-order chi connectivity index (χ0) is 46.9. The summed E-state index contributed by atoms with van der Waals surface area (Å²) >= 11 is 15.2. The van der Waals surface area contributed by atoms with Crippen LogP contribution < -0.4 is 0 Å². The molecule has 0 bridgehead atoms. The van der Waals surface area contributed by atoms with E-state index in [9.17, 15) is 19.2 Å². The van der Waals surface area contributed by atoms with Gasteiger partial charge in [-0.2, -0.15) is 10.2 Å². The molecule has 2 atom stereocenters. The fourth-order valence-corrected chi connectivity index (χ4v) is 9.41. The summed E-state index contributed by atoms with van der Waals surface area (Å²) in [6, 6.07) is 14.6. The molecule has 8 rings (SSSR count). The summed E-state index contributed by atoms with van der Waals surface area (Å²) in [6.45, 7) is 12.5. The van der Waals surface area contributed by atoms with E-state index in [2.05, 4.69) is 31.8 Å². The Labute approximate surface area is 395 Å². The van der Waals surface area contributed by atoms with E-state index in [1.807, 2.05) is 65.8 Å². The van der Waals surface area contributed by atoms with Crippen LogP contribution in [0.4, 0.5) is 9.59 Å². The standard InChI is InChI=1S/C23H26ClN3O4S.C18H24ClN3O2S.C5H4O3/c1-23(2,3)31-22(29)26-11-4-5-19(26)18-13-16(6-7-17-8-9-20(24)32-17)27(25-18)21(28)15-10-12-30-14-15;1-18(2,3)24-17(23)22-10-4-5-15(22)14-11-12(20-21-14)6-7-13-8-9-16(19)25-13;6-5(7)4-1-2-8-3-4/h8-10,12-14,19H,4-7,11H2,1-3H3;8-9,11,15H,4-7,10H2,1-3H3,(H,20,21);1-3H,(H,6,7). The molecule has 2 aliphatic rings. The maximum absolute atomic E-state index is 13.1. The van der Waals surface area contributed by atoms with E-state index in [0.717, 1.165) is 82.1 Å². The van der Waals surface area contributed by atoms with Crippen molar-refractivity contribution in [2.75, 3.05) is 13.1 Å². The summed E-state index contributed by atoms with van der Waals surface area (Å²) < 4.78 is 23.7. The number of aromatic carboxylic acids is 1. The van der Waals surface area contributed by atoms with Crippen molar-refractivity contribution in [3.05, 3.63) is 126 Å². The lowest BCUT2D eigenvalue weighted by Crippen LogP contribution is -2.36. The smallest absolute Gasteiger partial charge is 0.410 e. The number of ether oxygens (including phenoxy) is 2. The third-order valence-electron chi connectivity index (χ3n) is 10.2. The zero-order valence-electron chi connectivity index (χ0n) is 37.2. The van der Waals surface area contributed by atoms with E-state index in [4.69, 9.17) is 42.2 Å². The Bertz CT molecular complexity index is 2500. The van der Waals surface area contributed by atoms with Crippen LogP contribution in [0, 0.1) is 0 Å². The second-order valence-electron chi connectivity index (χ2n) is 17.5. The van der Waals surface area contributed by atoms with E-state index >= 15 is 0 Å². The van der Waals surface area contributed by atoms with Crippen LogP contribution in [0.1, 0.15) is 133 Å². The summed E-state index contributed by atoms with van der Waals surface area (Å²) in [6.07, 6.45) is 11.5. The van der Waals surface area contributed by atoms with Crippen molar-refractivity contribution in [3.63, 3.8) is 0 Å². The summed E-state index contributed by atoms with van der Waals surface area (Å²) in [5, 5.41) is 20.4. The average Bonchev–Trinajstić information content (AvgIpc) is 4.09. The van der Waals surface area contributed by atoms with Gasteiger partial charge in [0.2, 0.25) is 0 Å². The highest BCUT2D eigenvalue weighted by Gasteiger charge is 2.36. The molecule has 15 nitrogen and oxygen atoms in total. The average molecular weight is 970 g/mol. The van der Waals surface area contributed by atoms with Gasteiger partial charge in [0.1, 0.15) is 23.7 Å². The van der Waals surface area contributed by atoms with E-state index in [-0.39, 0.29) is 35.7 Å². The molecular formula is C46H54Cl2N6O9S2. The van der Waals surface area contributed by atoms with Crippen LogP contribution in [0.25, 0.3) is 0 Å². The number of hydrogen-bond donors (Lipinski definition) is 2. The maximum Gasteiger partial charge on any atom is 0.410 e. The number of aryl methyl sites for hydroxylation is 4. The number of carbonyl (C=O) groups excluding carboxylic acids is 3. The minimum atomic E-state index is -0.959. The van der Waals surface area contributed by atoms with Gasteiger partial charge in [-0.05, 0) is 141 Å². The van der Waals surface area contributed by atoms with Gasteiger partial charge in [-0.3, -0.25) is 19.7 Å². The number of thiophene rings is 2. The molecule has 348 valence electrons. The Kier molecular flexibility index (Phi) is 16.4. The lowest BCUT2D eigenvalue weighted by molar-refractivity contribution is 0.0210. The number of nitrogens with one attached hydrogen (secondary N) is 1. The number of rotatable bonds is 10. The van der Waals surface area contributed by atoms with Crippen LogP contribution in [-0.2, 0) is 35.2 Å². The highest BCUT2D eigenvalue weighted by molar-refractivity contribution is 7.16. The Morgan fingerprint density at radius 3 is 1.72 bits per heavy atom. The summed E-state index contributed by atoms with van der Waals surface area (Å²) in [5.41, 5.74) is 3.03. The minimum absolute atomic E-state index is 0.00367. The first-order chi connectivity index (χ1) is 30.8. The van der Waals surface area contributed by atoms with Crippen molar-refractivity contribution in [2.24, 2.45) is 0 Å². The number of nitrogens with zero attached hydrogens (tertiary/aromatic N) is 5. The number of hydrogen-bond acceptors (Lipinski definition) is 12. The van der Waals surface area contributed by atoms with Gasteiger partial charge in [-0.15, -0.1) is 22.7 Å². The number of carbonyl (C=O) groups is 4. The van der Waals surface area contributed by atoms with E-state index in [0.29, 0.717) is 24.2 Å². The van der Waals surface area contributed by atoms with E-state index in [1.165, 1.54) is 52.0 Å². The number of halogens is 2. The van der Waals surface area contributed by atoms with Crippen molar-refractivity contribution < 1.29 is 42.6 Å². The van der Waals surface area contributed by atoms with Gasteiger partial charge in [-0.1, -0.05) is 23.2 Å². The number of amides is 2. The number of aromatic nitrogens is 4. The van der Waals surface area contributed by atoms with Gasteiger partial charge in [-0.25, -0.2) is 19.1 Å². The van der Waals surface area contributed by atoms with E-state index in [1.54, 1.807) is 27.2 Å². The van der Waals surface area contributed by atoms with Crippen LogP contribution >= 0.6 is 45.9 Å². The number of furan rings is 2. The fraction of sp³-hybridized carbons (Fsp3) is 0.435. The normalized spacial score (nSPS) is 16.1. The predicted molar refractivity (Wildman–Crippen MR) is 248 cm³/mol. The van der Waals surface area contributed by atoms with Gasteiger partial charge in [0.05, 0.1) is 55.8 Å². The van der Waals surface area contributed by atoms with Crippen LogP contribution in [0.3, 0.4) is 0 Å². The largest absolute Gasteiger partial charge is 0.478 e. The lowest BCUT2D eigenvalue weighted by atomic mass is 10.1. The fourth-order valence-electron chi connectivity index (χ4n) is 7.24. The van der Waals surface area contributed by atoms with Crippen LogP contribution in [0.5, 0.6) is 0 Å². The molecule has 0 aliphatic carbocycles. The topological polar surface area (TPSA) is 186 Å². The molecule has 2 aliphatic heterocycles. The van der Waals surface area contributed by atoms with Gasteiger partial charge in [0.15, 0.2) is 0 Å². The summed E-state index contributed by atoms with van der Waals surface area (Å²) in [4.78, 5) is 54.2. The first-order valence-corrected chi connectivity index (χ1v) is 23.7. The van der Waals surface area contributed by atoms with Gasteiger partial charge >= 0.3 is 18.2 Å². The predicted octanol–water partition coefficient (Wildman–Crippen LogP) is 11.7. The molecule has 19 heteroatoms. The highest BCUT2D eigenvalue weighted by Crippen LogP contribution is 2.35. The number of carboxylic acid groups (broad SMARTS) is 1. The minimum Gasteiger partial charge on any atom is -0.478 e. The summed E-state index contributed by atoms with van der Waals surface area (Å²) in [5.74, 6) is -1.22. The van der Waals surface area contributed by atoms with Gasteiger partial charge < -0.3 is 23.4 Å². The monoisotopic (exact) mass is 968 g/mol. The highest BCUT2D eigenvalue weighted by atomic mass is 35.5. The molecule has 6 aromatic rings. The second kappa shape index (κ2) is 21.8. The van der Waals surface area contributed by atoms with Gasteiger partial charge in [0, 0.05) is 34.2 Å². The first-order valence-electron chi connectivity index (χ1n) is 21.3. The molecule has 2 fully saturated rings.